The number of aldehydes is 1. The van der Waals surface area contributed by atoms with Gasteiger partial charge in [-0.05, 0) is 31.9 Å². The highest BCUT2D eigenvalue weighted by Gasteiger charge is 2.19. The average molecular weight is 187 g/mol. The van der Waals surface area contributed by atoms with Gasteiger partial charge in [-0.25, -0.2) is 4.85 Å². The third kappa shape index (κ3) is 1.82. The molecule has 0 N–H and O–H groups in total. The van der Waals surface area contributed by atoms with E-state index >= 15 is 0 Å². The third-order valence-electron chi connectivity index (χ3n) is 2.36. The second kappa shape index (κ2) is 3.63. The van der Waals surface area contributed by atoms with Gasteiger partial charge >= 0.3 is 0 Å². The van der Waals surface area contributed by atoms with E-state index in [1.807, 2.05) is 32.9 Å². The monoisotopic (exact) mass is 187 g/mol. The van der Waals surface area contributed by atoms with Crippen molar-refractivity contribution in [3.05, 3.63) is 40.7 Å². The molecule has 2 nitrogen and oxygen atoms in total. The topological polar surface area (TPSA) is 21.4 Å². The van der Waals surface area contributed by atoms with Gasteiger partial charge in [0.15, 0.2) is 5.69 Å². The number of rotatable bonds is 2. The fourth-order valence-electron chi connectivity index (χ4n) is 1.25. The lowest BCUT2D eigenvalue weighted by atomic mass is 9.85. The summed E-state index contributed by atoms with van der Waals surface area (Å²) in [6.45, 7) is 12.5. The SMILES string of the molecule is [C-]#[N+]c1ccc(C(C)(C)C=O)cc1C. The molecule has 1 rings (SSSR count). The molecule has 1 aromatic rings. The summed E-state index contributed by atoms with van der Waals surface area (Å²) >= 11 is 0. The maximum absolute atomic E-state index is 10.8. The van der Waals surface area contributed by atoms with E-state index < -0.39 is 5.41 Å². The van der Waals surface area contributed by atoms with Crippen LogP contribution in [-0.4, -0.2) is 6.29 Å². The normalized spacial score (nSPS) is 10.7. The van der Waals surface area contributed by atoms with E-state index in [-0.39, 0.29) is 0 Å². The summed E-state index contributed by atoms with van der Waals surface area (Å²) < 4.78 is 0. The van der Waals surface area contributed by atoms with Crippen molar-refractivity contribution >= 4 is 12.0 Å². The van der Waals surface area contributed by atoms with Crippen molar-refractivity contribution in [3.63, 3.8) is 0 Å². The molecule has 0 fully saturated rings. The van der Waals surface area contributed by atoms with Gasteiger partial charge in [-0.1, -0.05) is 18.2 Å². The molecule has 0 radical (unpaired) electrons. The number of aryl methyl sites for hydroxylation is 1. The molecule has 0 spiro atoms. The molecule has 0 unspecified atom stereocenters. The van der Waals surface area contributed by atoms with Gasteiger partial charge in [-0.3, -0.25) is 0 Å². The minimum Gasteiger partial charge on any atom is -0.302 e. The molecule has 2 heteroatoms. The maximum Gasteiger partial charge on any atom is 0.190 e. The van der Waals surface area contributed by atoms with E-state index in [4.69, 9.17) is 6.57 Å². The van der Waals surface area contributed by atoms with E-state index in [2.05, 4.69) is 4.85 Å². The fraction of sp³-hybridized carbons (Fsp3) is 0.333. The first kappa shape index (κ1) is 10.5. The number of benzene rings is 1. The van der Waals surface area contributed by atoms with Gasteiger partial charge in [-0.2, -0.15) is 0 Å². The van der Waals surface area contributed by atoms with E-state index in [0.717, 1.165) is 17.4 Å². The van der Waals surface area contributed by atoms with Crippen LogP contribution in [0.25, 0.3) is 4.85 Å². The summed E-state index contributed by atoms with van der Waals surface area (Å²) in [5, 5.41) is 0. The molecule has 0 atom stereocenters. The van der Waals surface area contributed by atoms with Crippen molar-refractivity contribution in [2.75, 3.05) is 0 Å². The Morgan fingerprint density at radius 1 is 1.43 bits per heavy atom. The highest BCUT2D eigenvalue weighted by molar-refractivity contribution is 5.68. The van der Waals surface area contributed by atoms with E-state index in [1.165, 1.54) is 0 Å². The van der Waals surface area contributed by atoms with Gasteiger partial charge in [0, 0.05) is 5.41 Å². The number of nitrogens with zero attached hydrogens (tertiary/aromatic N) is 1. The fourth-order valence-corrected chi connectivity index (χ4v) is 1.25. The molecule has 0 aliphatic carbocycles. The van der Waals surface area contributed by atoms with Crippen LogP contribution in [0, 0.1) is 13.5 Å². The van der Waals surface area contributed by atoms with E-state index in [9.17, 15) is 4.79 Å². The standard InChI is InChI=1S/C12H13NO/c1-9-7-10(12(2,3)8-14)5-6-11(9)13-4/h5-8H,1-3H3. The maximum atomic E-state index is 10.8. The van der Waals surface area contributed by atoms with Crippen LogP contribution in [-0.2, 0) is 10.2 Å². The molecule has 0 amide bonds. The molecule has 0 bridgehead atoms. The highest BCUT2D eigenvalue weighted by Crippen LogP contribution is 2.26. The molecule has 72 valence electrons. The van der Waals surface area contributed by atoms with Crippen LogP contribution < -0.4 is 0 Å². The van der Waals surface area contributed by atoms with Crippen LogP contribution in [0.5, 0.6) is 0 Å². The van der Waals surface area contributed by atoms with Crippen molar-refractivity contribution in [2.24, 2.45) is 0 Å². The van der Waals surface area contributed by atoms with Gasteiger partial charge in [0.1, 0.15) is 6.29 Å². The van der Waals surface area contributed by atoms with Crippen LogP contribution >= 0.6 is 0 Å². The molecule has 0 aliphatic heterocycles. The Morgan fingerprint density at radius 2 is 2.07 bits per heavy atom. The van der Waals surface area contributed by atoms with Gasteiger partial charge in [0.25, 0.3) is 0 Å². The van der Waals surface area contributed by atoms with Crippen LogP contribution in [0.15, 0.2) is 18.2 Å². The van der Waals surface area contributed by atoms with Crippen LogP contribution in [0.3, 0.4) is 0 Å². The molecule has 0 aliphatic rings. The molecule has 0 saturated carbocycles. The Labute approximate surface area is 84.4 Å². The van der Waals surface area contributed by atoms with Crippen LogP contribution in [0.4, 0.5) is 5.69 Å². The third-order valence-corrected chi connectivity index (χ3v) is 2.36. The number of carbonyl (C=O) groups is 1. The summed E-state index contributed by atoms with van der Waals surface area (Å²) in [5.41, 5.74) is 2.06. The Kier molecular flexibility index (Phi) is 2.71. The van der Waals surface area contributed by atoms with Gasteiger partial charge in [-0.15, -0.1) is 0 Å². The van der Waals surface area contributed by atoms with E-state index in [1.54, 1.807) is 6.07 Å². The summed E-state index contributed by atoms with van der Waals surface area (Å²) in [7, 11) is 0. The van der Waals surface area contributed by atoms with Gasteiger partial charge in [0.05, 0.1) is 6.57 Å². The average Bonchev–Trinajstić information content (AvgIpc) is 2.17. The number of hydrogen-bond donors (Lipinski definition) is 0. The molecule has 1 aromatic carbocycles. The second-order valence-corrected chi connectivity index (χ2v) is 3.95. The summed E-state index contributed by atoms with van der Waals surface area (Å²) in [4.78, 5) is 14.2. The first-order valence-electron chi connectivity index (χ1n) is 4.46. The summed E-state index contributed by atoms with van der Waals surface area (Å²) in [5.74, 6) is 0. The van der Waals surface area contributed by atoms with Crippen LogP contribution in [0.2, 0.25) is 0 Å². The van der Waals surface area contributed by atoms with Crippen molar-refractivity contribution < 1.29 is 4.79 Å². The second-order valence-electron chi connectivity index (χ2n) is 3.95. The van der Waals surface area contributed by atoms with Crippen molar-refractivity contribution in [1.82, 2.24) is 0 Å². The lowest BCUT2D eigenvalue weighted by Gasteiger charge is -2.18. The smallest absolute Gasteiger partial charge is 0.190 e. The van der Waals surface area contributed by atoms with E-state index in [0.29, 0.717) is 5.69 Å². The zero-order valence-electron chi connectivity index (χ0n) is 8.66. The lowest BCUT2D eigenvalue weighted by Crippen LogP contribution is -2.18. The zero-order chi connectivity index (χ0) is 10.8. The zero-order valence-corrected chi connectivity index (χ0v) is 8.66. The van der Waals surface area contributed by atoms with Crippen LogP contribution in [0.1, 0.15) is 25.0 Å². The van der Waals surface area contributed by atoms with Gasteiger partial charge in [0.2, 0.25) is 0 Å². The Morgan fingerprint density at radius 3 is 2.50 bits per heavy atom. The minimum atomic E-state index is -0.467. The molecule has 0 heterocycles. The molecule has 0 aromatic heterocycles. The molecular weight excluding hydrogens is 174 g/mol. The predicted octanol–water partition coefficient (Wildman–Crippen LogP) is 3.02. The minimum absolute atomic E-state index is 0.467. The number of carbonyl (C=O) groups excluding carboxylic acids is 1. The van der Waals surface area contributed by atoms with Crippen molar-refractivity contribution in [1.29, 1.82) is 0 Å². The molecule has 0 saturated heterocycles. The van der Waals surface area contributed by atoms with Gasteiger partial charge < -0.3 is 4.79 Å². The van der Waals surface area contributed by atoms with Crippen molar-refractivity contribution in [3.8, 4) is 0 Å². The first-order chi connectivity index (χ1) is 6.51. The Bertz CT molecular complexity index is 399. The Balaban J connectivity index is 3.23. The lowest BCUT2D eigenvalue weighted by molar-refractivity contribution is -0.111. The summed E-state index contributed by atoms with van der Waals surface area (Å²) in [6, 6.07) is 5.51. The Hall–Kier alpha value is -1.62. The molecule has 14 heavy (non-hydrogen) atoms. The molecular formula is C12H13NO. The summed E-state index contributed by atoms with van der Waals surface area (Å²) in [6.07, 6.45) is 0.930. The largest absolute Gasteiger partial charge is 0.302 e. The quantitative estimate of drug-likeness (QED) is 0.515. The first-order valence-corrected chi connectivity index (χ1v) is 4.46. The van der Waals surface area contributed by atoms with Crippen molar-refractivity contribution in [2.45, 2.75) is 26.2 Å². The number of hydrogen-bond acceptors (Lipinski definition) is 1. The predicted molar refractivity (Wildman–Crippen MR) is 56.5 cm³/mol. The highest BCUT2D eigenvalue weighted by atomic mass is 16.1.